The lowest BCUT2D eigenvalue weighted by Crippen LogP contribution is -2.41. The van der Waals surface area contributed by atoms with E-state index >= 15 is 0 Å². The van der Waals surface area contributed by atoms with E-state index in [0.717, 1.165) is 24.3 Å². The number of nitrogens with one attached hydrogen (secondary N) is 2. The smallest absolute Gasteiger partial charge is 0.253 e. The van der Waals surface area contributed by atoms with Gasteiger partial charge in [0.2, 0.25) is 0 Å². The van der Waals surface area contributed by atoms with Crippen LogP contribution in [0, 0.1) is 5.92 Å². The second-order valence-corrected chi connectivity index (χ2v) is 8.11. The Labute approximate surface area is 147 Å². The average Bonchev–Trinajstić information content (AvgIpc) is 3.09. The Hall–Kier alpha value is -1.59. The van der Waals surface area contributed by atoms with Gasteiger partial charge < -0.3 is 10.3 Å². The summed E-state index contributed by atoms with van der Waals surface area (Å²) in [6.07, 6.45) is 6.68. The zero-order valence-corrected chi connectivity index (χ0v) is 14.9. The molecule has 1 saturated carbocycles. The third-order valence-electron chi connectivity index (χ3n) is 5.38. The minimum absolute atomic E-state index is 0.0799. The monoisotopic (exact) mass is 343 g/mol. The second kappa shape index (κ2) is 6.73. The summed E-state index contributed by atoms with van der Waals surface area (Å²) in [4.78, 5) is 19.7. The zero-order chi connectivity index (χ0) is 16.5. The largest absolute Gasteiger partial charge is 0.364 e. The van der Waals surface area contributed by atoms with Crippen molar-refractivity contribution in [1.29, 1.82) is 0 Å². The van der Waals surface area contributed by atoms with Crippen LogP contribution in [0.25, 0.3) is 0 Å². The van der Waals surface area contributed by atoms with E-state index < -0.39 is 0 Å². The van der Waals surface area contributed by atoms with E-state index in [1.165, 1.54) is 30.6 Å². The standard InChI is InChI=1S/C19H25N3OS/c1-22-10-2-4-14(18(22)16-5-3-11-24-16)12-21-19(23)15-8-9-20-17(15)13-6-7-13/h3,5,8-9,11,13-14,18,20H,2,4,6-7,10,12H2,1H3,(H,21,23). The van der Waals surface area contributed by atoms with Gasteiger partial charge in [-0.25, -0.2) is 0 Å². The predicted molar refractivity (Wildman–Crippen MR) is 97.5 cm³/mol. The Bertz CT molecular complexity index is 689. The molecule has 5 heteroatoms. The third kappa shape index (κ3) is 3.15. The topological polar surface area (TPSA) is 48.1 Å². The summed E-state index contributed by atoms with van der Waals surface area (Å²) in [6, 6.07) is 6.70. The molecule has 3 heterocycles. The van der Waals surface area contributed by atoms with Gasteiger partial charge in [-0.15, -0.1) is 11.3 Å². The van der Waals surface area contributed by atoms with Gasteiger partial charge in [0.05, 0.1) is 5.56 Å². The molecule has 2 aromatic heterocycles. The zero-order valence-electron chi connectivity index (χ0n) is 14.1. The summed E-state index contributed by atoms with van der Waals surface area (Å²) in [6.45, 7) is 1.89. The molecule has 2 atom stereocenters. The van der Waals surface area contributed by atoms with Crippen LogP contribution in [0.15, 0.2) is 29.8 Å². The van der Waals surface area contributed by atoms with E-state index in [1.54, 1.807) is 0 Å². The number of carbonyl (C=O) groups excluding carboxylic acids is 1. The van der Waals surface area contributed by atoms with E-state index in [-0.39, 0.29) is 5.91 Å². The highest BCUT2D eigenvalue weighted by atomic mass is 32.1. The van der Waals surface area contributed by atoms with Crippen LogP contribution in [0.4, 0.5) is 0 Å². The molecule has 1 aliphatic heterocycles. The van der Waals surface area contributed by atoms with Crippen LogP contribution in [0.5, 0.6) is 0 Å². The van der Waals surface area contributed by atoms with Gasteiger partial charge in [0, 0.05) is 29.4 Å². The van der Waals surface area contributed by atoms with Gasteiger partial charge in [-0.2, -0.15) is 0 Å². The molecule has 1 saturated heterocycles. The molecule has 0 spiro atoms. The number of thiophene rings is 1. The maximum Gasteiger partial charge on any atom is 0.253 e. The number of hydrogen-bond donors (Lipinski definition) is 2. The maximum absolute atomic E-state index is 12.6. The summed E-state index contributed by atoms with van der Waals surface area (Å²) >= 11 is 1.82. The van der Waals surface area contributed by atoms with Crippen LogP contribution >= 0.6 is 11.3 Å². The summed E-state index contributed by atoms with van der Waals surface area (Å²) in [5.74, 6) is 1.13. The molecule has 2 fully saturated rings. The Balaban J connectivity index is 1.43. The number of likely N-dealkylation sites (tertiary alicyclic amines) is 1. The van der Waals surface area contributed by atoms with Crippen molar-refractivity contribution < 1.29 is 4.79 Å². The molecular weight excluding hydrogens is 318 g/mol. The number of aromatic nitrogens is 1. The SMILES string of the molecule is CN1CCCC(CNC(=O)c2cc[nH]c2C2CC2)C1c1cccs1. The fraction of sp³-hybridized carbons (Fsp3) is 0.526. The average molecular weight is 343 g/mol. The highest BCUT2D eigenvalue weighted by molar-refractivity contribution is 7.10. The van der Waals surface area contributed by atoms with Crippen molar-refractivity contribution in [3.63, 3.8) is 0 Å². The molecule has 128 valence electrons. The van der Waals surface area contributed by atoms with Crippen LogP contribution in [-0.2, 0) is 0 Å². The van der Waals surface area contributed by atoms with Crippen molar-refractivity contribution in [2.24, 2.45) is 5.92 Å². The van der Waals surface area contributed by atoms with Crippen LogP contribution in [0.3, 0.4) is 0 Å². The molecule has 0 aromatic carbocycles. The lowest BCUT2D eigenvalue weighted by molar-refractivity contribution is 0.0894. The van der Waals surface area contributed by atoms with E-state index in [2.05, 4.69) is 39.8 Å². The molecule has 0 radical (unpaired) electrons. The number of aromatic amines is 1. The van der Waals surface area contributed by atoms with Gasteiger partial charge in [0.25, 0.3) is 5.91 Å². The summed E-state index contributed by atoms with van der Waals surface area (Å²) in [5.41, 5.74) is 1.97. The Morgan fingerprint density at radius 2 is 2.25 bits per heavy atom. The highest BCUT2D eigenvalue weighted by Crippen LogP contribution is 2.41. The first kappa shape index (κ1) is 15.9. The molecule has 24 heavy (non-hydrogen) atoms. The van der Waals surface area contributed by atoms with E-state index in [0.29, 0.717) is 17.9 Å². The number of nitrogens with zero attached hydrogens (tertiary/aromatic N) is 1. The fourth-order valence-electron chi connectivity index (χ4n) is 3.99. The molecule has 0 bridgehead atoms. The third-order valence-corrected chi connectivity index (χ3v) is 6.32. The van der Waals surface area contributed by atoms with Crippen molar-refractivity contribution in [1.82, 2.24) is 15.2 Å². The minimum Gasteiger partial charge on any atom is -0.364 e. The number of amides is 1. The Morgan fingerprint density at radius 1 is 1.38 bits per heavy atom. The molecule has 2 N–H and O–H groups in total. The Kier molecular flexibility index (Phi) is 4.46. The highest BCUT2D eigenvalue weighted by Gasteiger charge is 2.32. The van der Waals surface area contributed by atoms with Crippen molar-refractivity contribution in [3.8, 4) is 0 Å². The van der Waals surface area contributed by atoms with E-state index in [4.69, 9.17) is 0 Å². The normalized spacial score (nSPS) is 24.9. The number of carbonyl (C=O) groups is 1. The van der Waals surface area contributed by atoms with Crippen LogP contribution < -0.4 is 5.32 Å². The van der Waals surface area contributed by atoms with E-state index in [1.807, 2.05) is 23.6 Å². The van der Waals surface area contributed by atoms with Crippen molar-refractivity contribution >= 4 is 17.2 Å². The molecule has 1 aliphatic carbocycles. The van der Waals surface area contributed by atoms with E-state index in [9.17, 15) is 4.79 Å². The van der Waals surface area contributed by atoms with Crippen LogP contribution in [0.1, 0.15) is 58.6 Å². The molecule has 1 amide bonds. The molecule has 4 rings (SSSR count). The summed E-state index contributed by atoms with van der Waals surface area (Å²) < 4.78 is 0. The van der Waals surface area contributed by atoms with Crippen molar-refractivity contribution in [2.45, 2.75) is 37.6 Å². The number of rotatable bonds is 5. The predicted octanol–water partition coefficient (Wildman–Crippen LogP) is 3.77. The first-order chi connectivity index (χ1) is 11.7. The first-order valence-corrected chi connectivity index (χ1v) is 9.81. The summed E-state index contributed by atoms with van der Waals surface area (Å²) in [7, 11) is 2.20. The molecule has 2 aromatic rings. The van der Waals surface area contributed by atoms with Crippen molar-refractivity contribution in [2.75, 3.05) is 20.1 Å². The lowest BCUT2D eigenvalue weighted by atomic mass is 9.88. The quantitative estimate of drug-likeness (QED) is 0.868. The number of hydrogen-bond acceptors (Lipinski definition) is 3. The minimum atomic E-state index is 0.0799. The Morgan fingerprint density at radius 3 is 3.00 bits per heavy atom. The van der Waals surface area contributed by atoms with Gasteiger partial charge in [-0.1, -0.05) is 6.07 Å². The first-order valence-electron chi connectivity index (χ1n) is 8.93. The number of piperidine rings is 1. The number of H-pyrrole nitrogens is 1. The maximum atomic E-state index is 12.6. The fourth-order valence-corrected chi connectivity index (χ4v) is 4.97. The molecule has 4 nitrogen and oxygen atoms in total. The second-order valence-electron chi connectivity index (χ2n) is 7.13. The van der Waals surface area contributed by atoms with Crippen LogP contribution in [-0.4, -0.2) is 35.9 Å². The molecule has 2 unspecified atom stereocenters. The summed E-state index contributed by atoms with van der Waals surface area (Å²) in [5, 5.41) is 5.36. The van der Waals surface area contributed by atoms with Gasteiger partial charge in [0.1, 0.15) is 0 Å². The molecule has 2 aliphatic rings. The van der Waals surface area contributed by atoms with Crippen molar-refractivity contribution in [3.05, 3.63) is 45.9 Å². The van der Waals surface area contributed by atoms with Gasteiger partial charge in [-0.3, -0.25) is 9.69 Å². The lowest BCUT2D eigenvalue weighted by Gasteiger charge is -2.38. The molecular formula is C19H25N3OS. The van der Waals surface area contributed by atoms with Gasteiger partial charge in [0.15, 0.2) is 0 Å². The van der Waals surface area contributed by atoms with Gasteiger partial charge >= 0.3 is 0 Å². The van der Waals surface area contributed by atoms with Crippen LogP contribution in [0.2, 0.25) is 0 Å². The van der Waals surface area contributed by atoms with Gasteiger partial charge in [-0.05, 0) is 68.6 Å².